The van der Waals surface area contributed by atoms with Crippen LogP contribution < -0.4 is 16.4 Å². The largest absolute Gasteiger partial charge is 0.381 e. The summed E-state index contributed by atoms with van der Waals surface area (Å²) < 4.78 is 1.04. The lowest BCUT2D eigenvalue weighted by atomic mass is 10.1. The molecule has 0 saturated heterocycles. The minimum atomic E-state index is -0.670. The van der Waals surface area contributed by atoms with Gasteiger partial charge < -0.3 is 16.4 Å². The van der Waals surface area contributed by atoms with Gasteiger partial charge in [-0.25, -0.2) is 15.0 Å². The molecule has 10 heteroatoms. The summed E-state index contributed by atoms with van der Waals surface area (Å²) in [5, 5.41) is 11.4. The molecule has 0 spiro atoms. The van der Waals surface area contributed by atoms with Gasteiger partial charge in [0.15, 0.2) is 0 Å². The summed E-state index contributed by atoms with van der Waals surface area (Å²) >= 11 is 3.61. The summed E-state index contributed by atoms with van der Waals surface area (Å²) in [4.78, 5) is 27.4. The van der Waals surface area contributed by atoms with E-state index in [1.807, 2.05) is 65.0 Å². The number of hydrogen-bond donors (Lipinski definition) is 3. The second kappa shape index (κ2) is 11.9. The number of hydrogen-bond acceptors (Lipinski definition) is 8. The van der Waals surface area contributed by atoms with Gasteiger partial charge in [0.25, 0.3) is 5.91 Å². The first-order chi connectivity index (χ1) is 18.2. The minimum absolute atomic E-state index is 0.0463. The van der Waals surface area contributed by atoms with Gasteiger partial charge in [0, 0.05) is 55.3 Å². The number of aromatic nitrogens is 3. The SMILES string of the molecule is CC.C[C@@H]1CNc2c(sc3ccc4nc(-c5cc(C#CSI)nc(C#CC(C)(C)N)n5)ccc4c23)C(=O)N1. The Morgan fingerprint density at radius 2 is 1.92 bits per heavy atom. The summed E-state index contributed by atoms with van der Waals surface area (Å²) in [6.45, 7) is 10.3. The monoisotopic (exact) mass is 654 g/mol. The number of amides is 1. The van der Waals surface area contributed by atoms with E-state index in [9.17, 15) is 4.79 Å². The van der Waals surface area contributed by atoms with E-state index in [2.05, 4.69) is 64.8 Å². The van der Waals surface area contributed by atoms with Gasteiger partial charge in [0.05, 0.1) is 28.1 Å². The molecule has 0 aliphatic carbocycles. The Bertz CT molecular complexity index is 1650. The summed E-state index contributed by atoms with van der Waals surface area (Å²) in [5.74, 6) is 9.28. The van der Waals surface area contributed by atoms with Gasteiger partial charge in [0.1, 0.15) is 10.6 Å². The lowest BCUT2D eigenvalue weighted by molar-refractivity contribution is 0.0949. The maximum absolute atomic E-state index is 12.7. The molecule has 1 aliphatic heterocycles. The average Bonchev–Trinajstić information content (AvgIpc) is 3.22. The average molecular weight is 655 g/mol. The highest BCUT2D eigenvalue weighted by atomic mass is 127. The molecule has 0 radical (unpaired) electrons. The van der Waals surface area contributed by atoms with Gasteiger partial charge in [0.2, 0.25) is 5.82 Å². The quantitative estimate of drug-likeness (QED) is 0.172. The van der Waals surface area contributed by atoms with Crippen LogP contribution in [0.25, 0.3) is 32.4 Å². The number of nitrogens with one attached hydrogen (secondary N) is 2. The van der Waals surface area contributed by atoms with E-state index < -0.39 is 5.54 Å². The minimum Gasteiger partial charge on any atom is -0.381 e. The number of anilines is 1. The standard InChI is InChI=1S/C26H21IN6OS2.C2H6/c1-14-13-29-23-22-16-4-5-18(32-17(16)6-7-20(22)36-24(23)25(34)30-14)19-12-15(9-11-35-27)31-21(33-19)8-10-26(2,3)28;1-2/h4-7,12,14,29H,13,28H2,1-3H3,(H,30,34);1-2H3/t14-;/m1./s1. The lowest BCUT2D eigenvalue weighted by Crippen LogP contribution is -2.34. The van der Waals surface area contributed by atoms with E-state index in [0.717, 1.165) is 26.7 Å². The topological polar surface area (TPSA) is 106 Å². The van der Waals surface area contributed by atoms with E-state index in [0.29, 0.717) is 34.3 Å². The lowest BCUT2D eigenvalue weighted by Gasteiger charge is -2.10. The zero-order valence-corrected chi connectivity index (χ0v) is 25.5. The second-order valence-corrected chi connectivity index (χ2v) is 11.7. The number of nitrogens with zero attached hydrogens (tertiary/aromatic N) is 3. The normalized spacial score (nSPS) is 14.5. The van der Waals surface area contributed by atoms with Crippen molar-refractivity contribution in [3.8, 4) is 34.4 Å². The molecule has 5 rings (SSSR count). The van der Waals surface area contributed by atoms with Crippen LogP contribution >= 0.6 is 41.5 Å². The highest BCUT2D eigenvalue weighted by Crippen LogP contribution is 2.41. The molecule has 1 amide bonds. The van der Waals surface area contributed by atoms with Crippen LogP contribution in [0.2, 0.25) is 0 Å². The Kier molecular flexibility index (Phi) is 8.78. The predicted octanol–water partition coefficient (Wildman–Crippen LogP) is 5.96. The highest BCUT2D eigenvalue weighted by Gasteiger charge is 2.24. The van der Waals surface area contributed by atoms with Crippen molar-refractivity contribution < 1.29 is 4.79 Å². The summed E-state index contributed by atoms with van der Waals surface area (Å²) in [7, 11) is 1.38. The molecule has 7 nitrogen and oxygen atoms in total. The third-order valence-corrected chi connectivity index (χ3v) is 7.39. The van der Waals surface area contributed by atoms with Crippen molar-refractivity contribution in [1.82, 2.24) is 20.3 Å². The first kappa shape index (κ1) is 28.1. The molecule has 1 aromatic carbocycles. The third kappa shape index (κ3) is 6.21. The Labute approximate surface area is 242 Å². The van der Waals surface area contributed by atoms with Crippen molar-refractivity contribution in [1.29, 1.82) is 0 Å². The van der Waals surface area contributed by atoms with Gasteiger partial charge in [-0.1, -0.05) is 19.8 Å². The summed E-state index contributed by atoms with van der Waals surface area (Å²) in [5.41, 5.74) is 8.91. The zero-order valence-electron chi connectivity index (χ0n) is 21.7. The van der Waals surface area contributed by atoms with Crippen molar-refractivity contribution in [2.75, 3.05) is 11.9 Å². The van der Waals surface area contributed by atoms with Crippen LogP contribution in [-0.4, -0.2) is 39.0 Å². The molecule has 1 aliphatic rings. The maximum atomic E-state index is 12.7. The van der Waals surface area contributed by atoms with Gasteiger partial charge in [-0.15, -0.1) is 11.3 Å². The number of carbonyl (C=O) groups is 1. The number of thiophene rings is 1. The first-order valence-corrected chi connectivity index (χ1v) is 16.3. The van der Waals surface area contributed by atoms with E-state index in [-0.39, 0.29) is 11.9 Å². The molecule has 194 valence electrons. The molecule has 0 bridgehead atoms. The van der Waals surface area contributed by atoms with Gasteiger partial charge in [-0.3, -0.25) is 4.79 Å². The van der Waals surface area contributed by atoms with Gasteiger partial charge in [-0.05, 0) is 71.1 Å². The van der Waals surface area contributed by atoms with Gasteiger partial charge in [-0.2, -0.15) is 0 Å². The van der Waals surface area contributed by atoms with Crippen LogP contribution in [0.1, 0.15) is 55.8 Å². The molecule has 0 unspecified atom stereocenters. The predicted molar refractivity (Wildman–Crippen MR) is 169 cm³/mol. The van der Waals surface area contributed by atoms with Crippen LogP contribution in [0, 0.1) is 23.0 Å². The number of rotatable bonds is 1. The fourth-order valence-corrected chi connectivity index (χ4v) is 5.43. The van der Waals surface area contributed by atoms with E-state index in [1.165, 1.54) is 20.3 Å². The molecule has 1 atom stereocenters. The molecule has 3 aromatic heterocycles. The van der Waals surface area contributed by atoms with Crippen LogP contribution in [-0.2, 0) is 0 Å². The van der Waals surface area contributed by atoms with Crippen molar-refractivity contribution >= 4 is 74.1 Å². The van der Waals surface area contributed by atoms with Crippen molar-refractivity contribution in [3.63, 3.8) is 0 Å². The fraction of sp³-hybridized carbons (Fsp3) is 0.286. The van der Waals surface area contributed by atoms with Crippen LogP contribution in [0.3, 0.4) is 0 Å². The third-order valence-electron chi connectivity index (χ3n) is 5.39. The first-order valence-electron chi connectivity index (χ1n) is 12.1. The number of carbonyl (C=O) groups excluding carboxylic acids is 1. The number of pyridine rings is 1. The Morgan fingerprint density at radius 1 is 1.13 bits per heavy atom. The molecule has 4 heterocycles. The summed E-state index contributed by atoms with van der Waals surface area (Å²) in [6.07, 6.45) is 0. The van der Waals surface area contributed by atoms with E-state index in [4.69, 9.17) is 10.7 Å². The molecule has 4 N–H and O–H groups in total. The number of fused-ring (bicyclic) bond motifs is 5. The number of nitrogens with two attached hydrogens (primary N) is 1. The van der Waals surface area contributed by atoms with Crippen molar-refractivity contribution in [2.45, 2.75) is 46.2 Å². The second-order valence-electron chi connectivity index (χ2n) is 9.00. The molecular weight excluding hydrogens is 627 g/mol. The van der Waals surface area contributed by atoms with E-state index in [1.54, 1.807) is 0 Å². The molecule has 4 aromatic rings. The molecule has 0 saturated carbocycles. The Morgan fingerprint density at radius 3 is 2.66 bits per heavy atom. The van der Waals surface area contributed by atoms with Crippen LogP contribution in [0.15, 0.2) is 30.3 Å². The number of halogens is 1. The molecular formula is C28H27IN6OS2. The maximum Gasteiger partial charge on any atom is 0.263 e. The van der Waals surface area contributed by atoms with Crippen molar-refractivity contribution in [3.05, 3.63) is 46.7 Å². The van der Waals surface area contributed by atoms with Gasteiger partial charge >= 0.3 is 0 Å². The highest BCUT2D eigenvalue weighted by molar-refractivity contribution is 14.2. The Hall–Kier alpha value is -2.90. The molecule has 38 heavy (non-hydrogen) atoms. The van der Waals surface area contributed by atoms with Crippen molar-refractivity contribution in [2.24, 2.45) is 5.73 Å². The Balaban J connectivity index is 0.00000164. The smallest absolute Gasteiger partial charge is 0.263 e. The molecule has 0 fully saturated rings. The van der Waals surface area contributed by atoms with Crippen LogP contribution in [0.4, 0.5) is 5.69 Å². The number of benzene rings is 1. The zero-order chi connectivity index (χ0) is 27.4. The fourth-order valence-electron chi connectivity index (χ4n) is 3.86. The van der Waals surface area contributed by atoms with E-state index >= 15 is 0 Å². The van der Waals surface area contributed by atoms with Crippen LogP contribution in [0.5, 0.6) is 0 Å². The summed E-state index contributed by atoms with van der Waals surface area (Å²) in [6, 6.07) is 9.82.